The summed E-state index contributed by atoms with van der Waals surface area (Å²) in [5.74, 6) is -0.190. The minimum Gasteiger partial charge on any atom is -0.320 e. The van der Waals surface area contributed by atoms with Crippen LogP contribution in [-0.4, -0.2) is 30.7 Å². The number of rotatable bonds is 3. The van der Waals surface area contributed by atoms with Gasteiger partial charge in [-0.1, -0.05) is 0 Å². The second-order valence-corrected chi connectivity index (χ2v) is 2.00. The number of hydrogen-bond donors (Lipinski definition) is 1. The van der Waals surface area contributed by atoms with Gasteiger partial charge < -0.3 is 5.73 Å². The van der Waals surface area contributed by atoms with Crippen LogP contribution in [-0.2, 0) is 9.63 Å². The zero-order chi connectivity index (χ0) is 8.15. The van der Waals surface area contributed by atoms with E-state index in [-0.39, 0.29) is 5.91 Å². The van der Waals surface area contributed by atoms with Crippen molar-refractivity contribution >= 4 is 5.91 Å². The highest BCUT2D eigenvalue weighted by atomic mass is 16.7. The molecule has 0 unspecified atom stereocenters. The lowest BCUT2D eigenvalue weighted by atomic mass is 10.3. The van der Waals surface area contributed by atoms with Gasteiger partial charge in [-0.15, -0.1) is 0 Å². The molecule has 0 radical (unpaired) electrons. The lowest BCUT2D eigenvalue weighted by Crippen LogP contribution is -2.41. The Bertz CT molecular complexity index is 110. The fourth-order valence-electron chi connectivity index (χ4n) is 0.602. The van der Waals surface area contributed by atoms with Gasteiger partial charge in [0.1, 0.15) is 0 Å². The second kappa shape index (κ2) is 4.24. The summed E-state index contributed by atoms with van der Waals surface area (Å²) in [5.41, 5.74) is 5.32. The standard InChI is InChI=1S/C6H14N2O2/c1-4-8(10-3)6(9)5(2)7/h5H,4,7H2,1-3H3/t5-/m0/s1. The minimum atomic E-state index is -0.486. The molecule has 10 heavy (non-hydrogen) atoms. The van der Waals surface area contributed by atoms with Crippen LogP contribution < -0.4 is 5.73 Å². The molecule has 0 aliphatic carbocycles. The molecule has 0 aliphatic heterocycles. The molecule has 1 atom stereocenters. The highest BCUT2D eigenvalue weighted by Gasteiger charge is 2.14. The van der Waals surface area contributed by atoms with Crippen molar-refractivity contribution in [2.75, 3.05) is 13.7 Å². The van der Waals surface area contributed by atoms with Crippen LogP contribution in [0.4, 0.5) is 0 Å². The first-order chi connectivity index (χ1) is 4.63. The van der Waals surface area contributed by atoms with Gasteiger partial charge in [-0.3, -0.25) is 9.63 Å². The molecule has 0 saturated heterocycles. The largest absolute Gasteiger partial charge is 0.320 e. The molecule has 1 amide bonds. The maximum absolute atomic E-state index is 11.0. The van der Waals surface area contributed by atoms with E-state index in [0.717, 1.165) is 0 Å². The number of carbonyl (C=O) groups excluding carboxylic acids is 1. The summed E-state index contributed by atoms with van der Waals surface area (Å²) < 4.78 is 0. The Morgan fingerprint density at radius 1 is 1.80 bits per heavy atom. The van der Waals surface area contributed by atoms with Crippen LogP contribution >= 0.6 is 0 Å². The molecular weight excluding hydrogens is 132 g/mol. The van der Waals surface area contributed by atoms with Gasteiger partial charge in [0, 0.05) is 6.54 Å². The van der Waals surface area contributed by atoms with E-state index in [4.69, 9.17) is 10.6 Å². The molecular formula is C6H14N2O2. The maximum atomic E-state index is 11.0. The molecule has 4 heteroatoms. The van der Waals surface area contributed by atoms with E-state index in [1.807, 2.05) is 6.92 Å². The quantitative estimate of drug-likeness (QED) is 0.558. The third-order valence-corrected chi connectivity index (χ3v) is 1.14. The number of nitrogens with zero attached hydrogens (tertiary/aromatic N) is 1. The normalized spacial score (nSPS) is 12.8. The predicted molar refractivity (Wildman–Crippen MR) is 38.0 cm³/mol. The monoisotopic (exact) mass is 146 g/mol. The first-order valence-corrected chi connectivity index (χ1v) is 3.24. The zero-order valence-corrected chi connectivity index (χ0v) is 6.63. The van der Waals surface area contributed by atoms with Gasteiger partial charge in [0.2, 0.25) is 0 Å². The van der Waals surface area contributed by atoms with Crippen LogP contribution in [0.25, 0.3) is 0 Å². The van der Waals surface area contributed by atoms with E-state index in [1.54, 1.807) is 6.92 Å². The van der Waals surface area contributed by atoms with Gasteiger partial charge in [0.15, 0.2) is 0 Å². The van der Waals surface area contributed by atoms with Crippen molar-refractivity contribution in [1.82, 2.24) is 5.06 Å². The molecule has 0 aromatic carbocycles. The topological polar surface area (TPSA) is 55.6 Å². The van der Waals surface area contributed by atoms with Crippen LogP contribution in [0.2, 0.25) is 0 Å². The van der Waals surface area contributed by atoms with E-state index in [9.17, 15) is 4.79 Å². The van der Waals surface area contributed by atoms with Crippen LogP contribution in [0.5, 0.6) is 0 Å². The van der Waals surface area contributed by atoms with Crippen molar-refractivity contribution in [2.24, 2.45) is 5.73 Å². The van der Waals surface area contributed by atoms with Gasteiger partial charge in [0.25, 0.3) is 5.91 Å². The Morgan fingerprint density at radius 3 is 2.40 bits per heavy atom. The summed E-state index contributed by atoms with van der Waals surface area (Å²) in [5, 5.41) is 1.23. The van der Waals surface area contributed by atoms with Gasteiger partial charge in [-0.2, -0.15) is 0 Å². The lowest BCUT2D eigenvalue weighted by Gasteiger charge is -2.18. The number of carbonyl (C=O) groups is 1. The highest BCUT2D eigenvalue weighted by molar-refractivity contribution is 5.80. The number of likely N-dealkylation sites (N-methyl/N-ethyl adjacent to an activating group) is 1. The molecule has 2 N–H and O–H groups in total. The third-order valence-electron chi connectivity index (χ3n) is 1.14. The molecule has 0 saturated carbocycles. The molecule has 60 valence electrons. The second-order valence-electron chi connectivity index (χ2n) is 2.00. The lowest BCUT2D eigenvalue weighted by molar-refractivity contribution is -0.175. The number of hydroxylamine groups is 2. The van der Waals surface area contributed by atoms with E-state index < -0.39 is 6.04 Å². The fraction of sp³-hybridized carbons (Fsp3) is 0.833. The SMILES string of the molecule is CCN(OC)C(=O)[C@H](C)N. The number of nitrogens with two attached hydrogens (primary N) is 1. The smallest absolute Gasteiger partial charge is 0.262 e. The van der Waals surface area contributed by atoms with Crippen LogP contribution in [0, 0.1) is 0 Å². The fourth-order valence-corrected chi connectivity index (χ4v) is 0.602. The van der Waals surface area contributed by atoms with Crippen molar-refractivity contribution in [1.29, 1.82) is 0 Å². The van der Waals surface area contributed by atoms with Crippen molar-refractivity contribution in [3.63, 3.8) is 0 Å². The third kappa shape index (κ3) is 2.33. The van der Waals surface area contributed by atoms with Crippen LogP contribution in [0.3, 0.4) is 0 Å². The molecule has 0 spiro atoms. The summed E-state index contributed by atoms with van der Waals surface area (Å²) >= 11 is 0. The van der Waals surface area contributed by atoms with E-state index in [2.05, 4.69) is 0 Å². The number of hydrogen-bond acceptors (Lipinski definition) is 3. The van der Waals surface area contributed by atoms with Gasteiger partial charge >= 0.3 is 0 Å². The Hall–Kier alpha value is -0.610. The molecule has 4 nitrogen and oxygen atoms in total. The molecule has 0 rings (SSSR count). The van der Waals surface area contributed by atoms with Crippen LogP contribution in [0.15, 0.2) is 0 Å². The van der Waals surface area contributed by atoms with Crippen LogP contribution in [0.1, 0.15) is 13.8 Å². The maximum Gasteiger partial charge on any atom is 0.262 e. The summed E-state index contributed by atoms with van der Waals surface area (Å²) in [6, 6.07) is -0.486. The van der Waals surface area contributed by atoms with Gasteiger partial charge in [-0.05, 0) is 13.8 Å². The van der Waals surface area contributed by atoms with E-state index in [0.29, 0.717) is 6.54 Å². The summed E-state index contributed by atoms with van der Waals surface area (Å²) in [4.78, 5) is 15.7. The van der Waals surface area contributed by atoms with Crippen molar-refractivity contribution in [3.05, 3.63) is 0 Å². The minimum absolute atomic E-state index is 0.190. The molecule has 0 aliphatic rings. The van der Waals surface area contributed by atoms with E-state index >= 15 is 0 Å². The molecule has 0 heterocycles. The van der Waals surface area contributed by atoms with Gasteiger partial charge in [-0.25, -0.2) is 5.06 Å². The zero-order valence-electron chi connectivity index (χ0n) is 6.63. The van der Waals surface area contributed by atoms with E-state index in [1.165, 1.54) is 12.2 Å². The molecule has 0 aromatic heterocycles. The Labute approximate surface area is 60.9 Å². The number of amides is 1. The summed E-state index contributed by atoms with van der Waals surface area (Å²) in [7, 11) is 1.45. The first-order valence-electron chi connectivity index (χ1n) is 3.24. The predicted octanol–water partition coefficient (Wildman–Crippen LogP) is -0.256. The summed E-state index contributed by atoms with van der Waals surface area (Å²) in [6.45, 7) is 3.98. The summed E-state index contributed by atoms with van der Waals surface area (Å²) in [6.07, 6.45) is 0. The average Bonchev–Trinajstić information content (AvgIpc) is 1.90. The first kappa shape index (κ1) is 9.39. The van der Waals surface area contributed by atoms with Gasteiger partial charge in [0.05, 0.1) is 13.2 Å². The Balaban J connectivity index is 3.89. The van der Waals surface area contributed by atoms with Crippen molar-refractivity contribution in [2.45, 2.75) is 19.9 Å². The molecule has 0 bridgehead atoms. The Morgan fingerprint density at radius 2 is 2.30 bits per heavy atom. The van der Waals surface area contributed by atoms with Crippen molar-refractivity contribution in [3.8, 4) is 0 Å². The average molecular weight is 146 g/mol. The molecule has 0 aromatic rings. The highest BCUT2D eigenvalue weighted by Crippen LogP contribution is 1.91. The Kier molecular flexibility index (Phi) is 3.99. The molecule has 0 fully saturated rings. The van der Waals surface area contributed by atoms with Crippen molar-refractivity contribution < 1.29 is 9.63 Å².